The molecule has 2 atom stereocenters. The highest BCUT2D eigenvalue weighted by atomic mass is 16.3. The lowest BCUT2D eigenvalue weighted by Crippen LogP contribution is -2.49. The highest BCUT2D eigenvalue weighted by molar-refractivity contribution is 5.81. The van der Waals surface area contributed by atoms with Gasteiger partial charge in [-0.2, -0.15) is 0 Å². The normalized spacial score (nSPS) is 19.6. The molecule has 0 saturated carbocycles. The van der Waals surface area contributed by atoms with Gasteiger partial charge in [0.25, 0.3) is 0 Å². The standard InChI is InChI=1S/C18H28N2O2/c1-4-15-5-7-16(8-6-15)13(2)19-18(22)14(3)20-11-9-17(21)10-12-20/h5-8,13-14,17,21H,4,9-12H2,1-3H3,(H,19,22). The van der Waals surface area contributed by atoms with Crippen molar-refractivity contribution in [2.24, 2.45) is 0 Å². The molecule has 0 aromatic heterocycles. The van der Waals surface area contributed by atoms with Gasteiger partial charge in [0.15, 0.2) is 0 Å². The van der Waals surface area contributed by atoms with Crippen molar-refractivity contribution in [3.63, 3.8) is 0 Å². The fourth-order valence-electron chi connectivity index (χ4n) is 2.90. The summed E-state index contributed by atoms with van der Waals surface area (Å²) in [6.07, 6.45) is 2.33. The first-order valence-electron chi connectivity index (χ1n) is 8.32. The van der Waals surface area contributed by atoms with Crippen molar-refractivity contribution in [1.82, 2.24) is 10.2 Å². The van der Waals surface area contributed by atoms with Gasteiger partial charge >= 0.3 is 0 Å². The van der Waals surface area contributed by atoms with Crippen molar-refractivity contribution < 1.29 is 9.90 Å². The predicted octanol–water partition coefficient (Wildman–Crippen LogP) is 2.27. The molecule has 1 saturated heterocycles. The highest BCUT2D eigenvalue weighted by Gasteiger charge is 2.26. The molecule has 2 N–H and O–H groups in total. The van der Waals surface area contributed by atoms with Crippen molar-refractivity contribution in [2.45, 2.75) is 58.2 Å². The van der Waals surface area contributed by atoms with Crippen molar-refractivity contribution >= 4 is 5.91 Å². The van der Waals surface area contributed by atoms with Gasteiger partial charge in [0.2, 0.25) is 5.91 Å². The van der Waals surface area contributed by atoms with Crippen LogP contribution in [0.2, 0.25) is 0 Å². The van der Waals surface area contributed by atoms with E-state index in [2.05, 4.69) is 41.4 Å². The molecule has 0 spiro atoms. The van der Waals surface area contributed by atoms with Gasteiger partial charge in [-0.25, -0.2) is 0 Å². The number of carbonyl (C=O) groups excluding carboxylic acids is 1. The molecular formula is C18H28N2O2. The lowest BCUT2D eigenvalue weighted by Gasteiger charge is -2.34. The molecule has 2 unspecified atom stereocenters. The van der Waals surface area contributed by atoms with E-state index in [0.717, 1.165) is 37.9 Å². The first-order chi connectivity index (χ1) is 10.5. The number of piperidine rings is 1. The Kier molecular flexibility index (Phi) is 5.98. The zero-order valence-electron chi connectivity index (χ0n) is 13.9. The minimum atomic E-state index is -0.206. The molecule has 1 heterocycles. The summed E-state index contributed by atoms with van der Waals surface area (Å²) in [5, 5.41) is 12.7. The average Bonchev–Trinajstić information content (AvgIpc) is 2.54. The van der Waals surface area contributed by atoms with E-state index in [4.69, 9.17) is 0 Å². The van der Waals surface area contributed by atoms with Gasteiger partial charge in [-0.3, -0.25) is 9.69 Å². The van der Waals surface area contributed by atoms with E-state index >= 15 is 0 Å². The first-order valence-corrected chi connectivity index (χ1v) is 8.32. The van der Waals surface area contributed by atoms with Gasteiger partial charge < -0.3 is 10.4 Å². The third-order valence-corrected chi connectivity index (χ3v) is 4.67. The number of benzene rings is 1. The van der Waals surface area contributed by atoms with E-state index in [0.29, 0.717) is 0 Å². The average molecular weight is 304 g/mol. The molecule has 1 aromatic carbocycles. The zero-order valence-corrected chi connectivity index (χ0v) is 13.9. The van der Waals surface area contributed by atoms with Gasteiger partial charge in [-0.1, -0.05) is 31.2 Å². The van der Waals surface area contributed by atoms with Crippen LogP contribution in [-0.2, 0) is 11.2 Å². The van der Waals surface area contributed by atoms with Crippen LogP contribution in [-0.4, -0.2) is 41.1 Å². The number of aliphatic hydroxyl groups excluding tert-OH is 1. The molecule has 0 aliphatic carbocycles. The van der Waals surface area contributed by atoms with Crippen LogP contribution in [0, 0.1) is 0 Å². The molecular weight excluding hydrogens is 276 g/mol. The number of carbonyl (C=O) groups is 1. The molecule has 0 radical (unpaired) electrons. The Balaban J connectivity index is 1.89. The minimum absolute atomic E-state index is 0.0104. The molecule has 1 aliphatic rings. The molecule has 1 aromatic rings. The van der Waals surface area contributed by atoms with Crippen LogP contribution in [0.3, 0.4) is 0 Å². The van der Waals surface area contributed by atoms with E-state index in [1.165, 1.54) is 5.56 Å². The molecule has 122 valence electrons. The zero-order chi connectivity index (χ0) is 16.1. The summed E-state index contributed by atoms with van der Waals surface area (Å²) < 4.78 is 0. The molecule has 4 heteroatoms. The predicted molar refractivity (Wildman–Crippen MR) is 88.7 cm³/mol. The lowest BCUT2D eigenvalue weighted by molar-refractivity contribution is -0.127. The number of likely N-dealkylation sites (tertiary alicyclic amines) is 1. The molecule has 1 aliphatic heterocycles. The summed E-state index contributed by atoms with van der Waals surface area (Å²) >= 11 is 0. The topological polar surface area (TPSA) is 52.6 Å². The Hall–Kier alpha value is -1.39. The van der Waals surface area contributed by atoms with Crippen molar-refractivity contribution in [3.8, 4) is 0 Å². The molecule has 22 heavy (non-hydrogen) atoms. The summed E-state index contributed by atoms with van der Waals surface area (Å²) in [7, 11) is 0. The maximum Gasteiger partial charge on any atom is 0.237 e. The van der Waals surface area contributed by atoms with E-state index < -0.39 is 0 Å². The third kappa shape index (κ3) is 4.31. The van der Waals surface area contributed by atoms with Gasteiger partial charge in [0.05, 0.1) is 18.2 Å². The number of hydrogen-bond acceptors (Lipinski definition) is 3. The van der Waals surface area contributed by atoms with Crippen molar-refractivity contribution in [3.05, 3.63) is 35.4 Å². The summed E-state index contributed by atoms with van der Waals surface area (Å²) in [5.41, 5.74) is 2.44. The second-order valence-electron chi connectivity index (χ2n) is 6.27. The smallest absolute Gasteiger partial charge is 0.237 e. The monoisotopic (exact) mass is 304 g/mol. The maximum absolute atomic E-state index is 12.4. The van der Waals surface area contributed by atoms with Crippen LogP contribution in [0.25, 0.3) is 0 Å². The van der Waals surface area contributed by atoms with Gasteiger partial charge in [-0.15, -0.1) is 0 Å². The van der Waals surface area contributed by atoms with Crippen LogP contribution < -0.4 is 5.32 Å². The summed E-state index contributed by atoms with van der Waals surface area (Å²) in [4.78, 5) is 14.6. The second kappa shape index (κ2) is 7.75. The maximum atomic E-state index is 12.4. The van der Waals surface area contributed by atoms with Crippen LogP contribution in [0.5, 0.6) is 0 Å². The molecule has 2 rings (SSSR count). The number of nitrogens with one attached hydrogen (secondary N) is 1. The summed E-state index contributed by atoms with van der Waals surface area (Å²) in [6, 6.07) is 8.28. The number of aryl methyl sites for hydroxylation is 1. The molecule has 1 fully saturated rings. The Morgan fingerprint density at radius 3 is 2.41 bits per heavy atom. The number of amides is 1. The number of rotatable bonds is 5. The third-order valence-electron chi connectivity index (χ3n) is 4.67. The number of nitrogens with zero attached hydrogens (tertiary/aromatic N) is 1. The number of aliphatic hydroxyl groups is 1. The van der Waals surface area contributed by atoms with Crippen molar-refractivity contribution in [2.75, 3.05) is 13.1 Å². The van der Waals surface area contributed by atoms with Gasteiger partial charge in [0.1, 0.15) is 0 Å². The van der Waals surface area contributed by atoms with E-state index in [1.54, 1.807) is 0 Å². The van der Waals surface area contributed by atoms with E-state index in [-0.39, 0.29) is 24.1 Å². The second-order valence-corrected chi connectivity index (χ2v) is 6.27. The fraction of sp³-hybridized carbons (Fsp3) is 0.611. The Morgan fingerprint density at radius 1 is 1.27 bits per heavy atom. The Labute approximate surface area is 133 Å². The summed E-state index contributed by atoms with van der Waals surface area (Å²) in [5.74, 6) is 0.0588. The first kappa shape index (κ1) is 17.0. The van der Waals surface area contributed by atoms with Crippen LogP contribution in [0.4, 0.5) is 0 Å². The molecule has 0 bridgehead atoms. The Morgan fingerprint density at radius 2 is 1.86 bits per heavy atom. The van der Waals surface area contributed by atoms with Crippen LogP contribution in [0.1, 0.15) is 50.8 Å². The summed E-state index contributed by atoms with van der Waals surface area (Å²) in [6.45, 7) is 7.67. The fourth-order valence-corrected chi connectivity index (χ4v) is 2.90. The minimum Gasteiger partial charge on any atom is -0.393 e. The van der Waals surface area contributed by atoms with Gasteiger partial charge in [-0.05, 0) is 44.2 Å². The Bertz CT molecular complexity index is 478. The van der Waals surface area contributed by atoms with Crippen molar-refractivity contribution in [1.29, 1.82) is 0 Å². The highest BCUT2D eigenvalue weighted by Crippen LogP contribution is 2.16. The van der Waals surface area contributed by atoms with Crippen LogP contribution in [0.15, 0.2) is 24.3 Å². The van der Waals surface area contributed by atoms with Crippen LogP contribution >= 0.6 is 0 Å². The molecule has 1 amide bonds. The van der Waals surface area contributed by atoms with E-state index in [1.807, 2.05) is 13.8 Å². The molecule has 4 nitrogen and oxygen atoms in total. The SMILES string of the molecule is CCc1ccc(C(C)NC(=O)C(C)N2CCC(O)CC2)cc1. The quantitative estimate of drug-likeness (QED) is 0.877. The number of hydrogen-bond donors (Lipinski definition) is 2. The van der Waals surface area contributed by atoms with E-state index in [9.17, 15) is 9.90 Å². The van der Waals surface area contributed by atoms with Gasteiger partial charge in [0, 0.05) is 13.1 Å². The largest absolute Gasteiger partial charge is 0.393 e. The lowest BCUT2D eigenvalue weighted by atomic mass is 10.0.